The number of carboxylic acids is 1. The molecule has 1 heterocycles. The van der Waals surface area contributed by atoms with Crippen LogP contribution in [0.25, 0.3) is 0 Å². The van der Waals surface area contributed by atoms with Crippen molar-refractivity contribution in [3.8, 4) is 0 Å². The summed E-state index contributed by atoms with van der Waals surface area (Å²) in [6.07, 6.45) is 2.98. The van der Waals surface area contributed by atoms with Crippen molar-refractivity contribution in [3.63, 3.8) is 0 Å². The van der Waals surface area contributed by atoms with Gasteiger partial charge >= 0.3 is 5.97 Å². The zero-order valence-corrected chi connectivity index (χ0v) is 8.97. The molecule has 6 heteroatoms. The van der Waals surface area contributed by atoms with Gasteiger partial charge in [0, 0.05) is 17.8 Å². The molecule has 0 radical (unpaired) electrons. The number of hydrogen-bond acceptors (Lipinski definition) is 3. The van der Waals surface area contributed by atoms with Gasteiger partial charge in [0.05, 0.1) is 0 Å². The Kier molecular flexibility index (Phi) is 2.95. The standard InChI is InChI=1S/C11H12N2O4/c14-8-5-7(3-4-12-8)10(15)13-9(11(16)17)6-1-2-6/h3-6,9H,1-2H2,(H,12,14)(H,13,15)(H,16,17). The zero-order valence-electron chi connectivity index (χ0n) is 8.97. The van der Waals surface area contributed by atoms with Crippen LogP contribution in [-0.2, 0) is 4.79 Å². The van der Waals surface area contributed by atoms with Crippen molar-refractivity contribution in [2.24, 2.45) is 5.92 Å². The van der Waals surface area contributed by atoms with Gasteiger partial charge in [-0.1, -0.05) is 0 Å². The maximum atomic E-state index is 11.7. The van der Waals surface area contributed by atoms with Gasteiger partial charge in [0.1, 0.15) is 6.04 Å². The van der Waals surface area contributed by atoms with E-state index >= 15 is 0 Å². The lowest BCUT2D eigenvalue weighted by Gasteiger charge is -2.13. The van der Waals surface area contributed by atoms with Crippen LogP contribution in [0.2, 0.25) is 0 Å². The first-order valence-corrected chi connectivity index (χ1v) is 5.30. The van der Waals surface area contributed by atoms with E-state index in [2.05, 4.69) is 10.3 Å². The maximum Gasteiger partial charge on any atom is 0.326 e. The minimum Gasteiger partial charge on any atom is -0.480 e. The zero-order chi connectivity index (χ0) is 12.4. The number of carbonyl (C=O) groups is 2. The highest BCUT2D eigenvalue weighted by Gasteiger charge is 2.37. The topological polar surface area (TPSA) is 99.3 Å². The molecule has 0 bridgehead atoms. The van der Waals surface area contributed by atoms with E-state index in [0.29, 0.717) is 0 Å². The van der Waals surface area contributed by atoms with E-state index in [-0.39, 0.29) is 11.5 Å². The fourth-order valence-corrected chi connectivity index (χ4v) is 1.62. The normalized spacial score (nSPS) is 16.2. The third-order valence-electron chi connectivity index (χ3n) is 2.68. The van der Waals surface area contributed by atoms with Crippen molar-refractivity contribution < 1.29 is 14.7 Å². The molecule has 1 aromatic heterocycles. The van der Waals surface area contributed by atoms with Gasteiger partial charge in [0.15, 0.2) is 0 Å². The average Bonchev–Trinajstić information content (AvgIpc) is 3.09. The molecule has 0 spiro atoms. The highest BCUT2D eigenvalue weighted by Crippen LogP contribution is 2.32. The van der Waals surface area contributed by atoms with E-state index in [0.717, 1.165) is 18.9 Å². The van der Waals surface area contributed by atoms with Gasteiger partial charge in [-0.2, -0.15) is 0 Å². The third-order valence-corrected chi connectivity index (χ3v) is 2.68. The molecule has 1 aliphatic carbocycles. The summed E-state index contributed by atoms with van der Waals surface area (Å²) in [5.74, 6) is -1.56. The summed E-state index contributed by atoms with van der Waals surface area (Å²) < 4.78 is 0. The molecule has 1 aromatic rings. The number of hydrogen-bond donors (Lipinski definition) is 3. The highest BCUT2D eigenvalue weighted by molar-refractivity contribution is 5.96. The Morgan fingerprint density at radius 2 is 2.18 bits per heavy atom. The van der Waals surface area contributed by atoms with Crippen molar-refractivity contribution in [1.82, 2.24) is 10.3 Å². The molecule has 1 saturated carbocycles. The first-order valence-electron chi connectivity index (χ1n) is 5.30. The molecule has 2 rings (SSSR count). The van der Waals surface area contributed by atoms with Gasteiger partial charge in [0.2, 0.25) is 5.56 Å². The van der Waals surface area contributed by atoms with E-state index in [1.54, 1.807) is 0 Å². The Hall–Kier alpha value is -2.11. The van der Waals surface area contributed by atoms with Crippen LogP contribution in [0.15, 0.2) is 23.1 Å². The van der Waals surface area contributed by atoms with Gasteiger partial charge in [-0.05, 0) is 24.8 Å². The summed E-state index contributed by atoms with van der Waals surface area (Å²) in [4.78, 5) is 36.0. The Balaban J connectivity index is 2.10. The monoisotopic (exact) mass is 236 g/mol. The van der Waals surface area contributed by atoms with Crippen LogP contribution in [0, 0.1) is 5.92 Å². The molecule has 1 amide bonds. The number of aromatic nitrogens is 1. The van der Waals surface area contributed by atoms with Crippen LogP contribution in [0.1, 0.15) is 23.2 Å². The number of rotatable bonds is 4. The first-order chi connectivity index (χ1) is 8.08. The minimum atomic E-state index is -1.04. The van der Waals surface area contributed by atoms with E-state index in [1.165, 1.54) is 12.3 Å². The number of aromatic amines is 1. The molecule has 0 aromatic carbocycles. The summed E-state index contributed by atoms with van der Waals surface area (Å²) in [5, 5.41) is 11.4. The molecule has 17 heavy (non-hydrogen) atoms. The Labute approximate surface area is 96.7 Å². The summed E-state index contributed by atoms with van der Waals surface area (Å²) >= 11 is 0. The number of H-pyrrole nitrogens is 1. The van der Waals surface area contributed by atoms with Crippen molar-refractivity contribution in [1.29, 1.82) is 0 Å². The summed E-state index contributed by atoms with van der Waals surface area (Å²) in [6, 6.07) is 1.71. The number of carbonyl (C=O) groups excluding carboxylic acids is 1. The quantitative estimate of drug-likeness (QED) is 0.683. The molecule has 1 atom stereocenters. The molecule has 1 aliphatic rings. The van der Waals surface area contributed by atoms with Gasteiger partial charge in [-0.25, -0.2) is 4.79 Å². The summed E-state index contributed by atoms with van der Waals surface area (Å²) in [7, 11) is 0. The molecule has 1 fully saturated rings. The largest absolute Gasteiger partial charge is 0.480 e. The second kappa shape index (κ2) is 4.40. The van der Waals surface area contributed by atoms with Gasteiger partial charge < -0.3 is 15.4 Å². The van der Waals surface area contributed by atoms with Crippen LogP contribution in [-0.4, -0.2) is 28.0 Å². The van der Waals surface area contributed by atoms with E-state index in [9.17, 15) is 14.4 Å². The van der Waals surface area contributed by atoms with Gasteiger partial charge in [-0.15, -0.1) is 0 Å². The van der Waals surface area contributed by atoms with Crippen molar-refractivity contribution in [2.45, 2.75) is 18.9 Å². The fourth-order valence-electron chi connectivity index (χ4n) is 1.62. The second-order valence-electron chi connectivity index (χ2n) is 4.07. The molecule has 0 aliphatic heterocycles. The van der Waals surface area contributed by atoms with Crippen LogP contribution < -0.4 is 10.9 Å². The van der Waals surface area contributed by atoms with Crippen molar-refractivity contribution >= 4 is 11.9 Å². The van der Waals surface area contributed by atoms with Crippen molar-refractivity contribution in [3.05, 3.63) is 34.2 Å². The predicted octanol–water partition coefficient (Wildman–Crippen LogP) is -0.0321. The molecule has 0 saturated heterocycles. The summed E-state index contributed by atoms with van der Waals surface area (Å²) in [5.41, 5.74) is -0.225. The summed E-state index contributed by atoms with van der Waals surface area (Å²) in [6.45, 7) is 0. The van der Waals surface area contributed by atoms with Crippen molar-refractivity contribution in [2.75, 3.05) is 0 Å². The molecule has 3 N–H and O–H groups in total. The Bertz CT molecular complexity index is 504. The van der Waals surface area contributed by atoms with E-state index in [1.807, 2.05) is 0 Å². The second-order valence-corrected chi connectivity index (χ2v) is 4.07. The predicted molar refractivity (Wildman–Crippen MR) is 58.7 cm³/mol. The Morgan fingerprint density at radius 3 is 2.71 bits per heavy atom. The number of carboxylic acid groups (broad SMARTS) is 1. The molecular formula is C11H12N2O4. The minimum absolute atomic E-state index is 0.0125. The van der Waals surface area contributed by atoms with Crippen LogP contribution >= 0.6 is 0 Å². The van der Waals surface area contributed by atoms with Gasteiger partial charge in [-0.3, -0.25) is 9.59 Å². The van der Waals surface area contributed by atoms with E-state index in [4.69, 9.17) is 5.11 Å². The number of pyridine rings is 1. The molecular weight excluding hydrogens is 224 g/mol. The average molecular weight is 236 g/mol. The Morgan fingerprint density at radius 1 is 1.47 bits per heavy atom. The number of aliphatic carboxylic acids is 1. The lowest BCUT2D eigenvalue weighted by atomic mass is 10.1. The van der Waals surface area contributed by atoms with E-state index < -0.39 is 23.5 Å². The lowest BCUT2D eigenvalue weighted by molar-refractivity contribution is -0.139. The first kappa shape index (κ1) is 11.4. The third kappa shape index (κ3) is 2.72. The van der Waals surface area contributed by atoms with Crippen LogP contribution in [0.3, 0.4) is 0 Å². The van der Waals surface area contributed by atoms with Crippen LogP contribution in [0.4, 0.5) is 0 Å². The fraction of sp³-hybridized carbons (Fsp3) is 0.364. The molecule has 90 valence electrons. The van der Waals surface area contributed by atoms with Gasteiger partial charge in [0.25, 0.3) is 5.91 Å². The smallest absolute Gasteiger partial charge is 0.326 e. The molecule has 1 unspecified atom stereocenters. The number of amides is 1. The highest BCUT2D eigenvalue weighted by atomic mass is 16.4. The number of nitrogens with one attached hydrogen (secondary N) is 2. The maximum absolute atomic E-state index is 11.7. The van der Waals surface area contributed by atoms with Crippen LogP contribution in [0.5, 0.6) is 0 Å². The SMILES string of the molecule is O=C(NC(C(=O)O)C1CC1)c1cc[nH]c(=O)c1. The lowest BCUT2D eigenvalue weighted by Crippen LogP contribution is -2.42. The molecule has 6 nitrogen and oxygen atoms in total.